The molecule has 1 heterocycles. The molecule has 4 bridgehead atoms. The van der Waals surface area contributed by atoms with E-state index in [0.29, 0.717) is 11.0 Å². The van der Waals surface area contributed by atoms with Gasteiger partial charge in [0.2, 0.25) is 5.55 Å². The molecule has 0 saturated heterocycles. The molecule has 5 nitrogen and oxygen atoms in total. The van der Waals surface area contributed by atoms with Crippen molar-refractivity contribution in [3.8, 4) is 5.75 Å². The number of benzene rings is 1. The second-order valence-electron chi connectivity index (χ2n) is 8.36. The van der Waals surface area contributed by atoms with Gasteiger partial charge in [0.05, 0.1) is 0 Å². The van der Waals surface area contributed by atoms with E-state index in [1.54, 1.807) is 18.2 Å². The molecular weight excluding hydrogens is 316 g/mol. The van der Waals surface area contributed by atoms with Gasteiger partial charge in [-0.2, -0.15) is 0 Å². The zero-order chi connectivity index (χ0) is 17.2. The molecule has 0 atom stereocenters. The van der Waals surface area contributed by atoms with Crippen LogP contribution < -0.4 is 10.9 Å². The van der Waals surface area contributed by atoms with Gasteiger partial charge in [-0.05, 0) is 74.5 Å². The highest BCUT2D eigenvalue weighted by Gasteiger charge is 2.51. The Kier molecular flexibility index (Phi) is 3.06. The van der Waals surface area contributed by atoms with Crippen molar-refractivity contribution in [1.82, 2.24) is 5.32 Å². The predicted molar refractivity (Wildman–Crippen MR) is 92.1 cm³/mol. The lowest BCUT2D eigenvalue weighted by Gasteiger charge is -2.56. The molecule has 0 aliphatic heterocycles. The van der Waals surface area contributed by atoms with Crippen LogP contribution in [0.25, 0.3) is 11.0 Å². The number of aromatic hydroxyl groups is 1. The molecule has 4 fully saturated rings. The topological polar surface area (TPSA) is 86.3 Å². The van der Waals surface area contributed by atoms with Gasteiger partial charge >= 0.3 is 0 Å². The van der Waals surface area contributed by atoms with E-state index in [9.17, 15) is 9.90 Å². The lowest BCUT2D eigenvalue weighted by Crippen LogP contribution is -2.60. The van der Waals surface area contributed by atoms with E-state index in [2.05, 4.69) is 5.32 Å². The van der Waals surface area contributed by atoms with Crippen LogP contribution in [0.1, 0.15) is 48.9 Å². The van der Waals surface area contributed by atoms with Gasteiger partial charge in [0.25, 0.3) is 5.91 Å². The monoisotopic (exact) mass is 338 g/mol. The Balaban J connectivity index is 1.47. The second kappa shape index (κ2) is 5.10. The lowest BCUT2D eigenvalue weighted by molar-refractivity contribution is -0.0167. The van der Waals surface area contributed by atoms with E-state index < -0.39 is 0 Å². The van der Waals surface area contributed by atoms with Crippen molar-refractivity contribution in [2.75, 3.05) is 0 Å². The Hall–Kier alpha value is -2.30. The molecule has 0 spiro atoms. The van der Waals surface area contributed by atoms with Crippen LogP contribution in [0.5, 0.6) is 5.75 Å². The average Bonchev–Trinajstić information content (AvgIpc) is 2.52. The predicted octanol–water partition coefficient (Wildman–Crippen LogP) is 3.32. The number of carbonyl (C=O) groups excluding carboxylic acids is 1. The van der Waals surface area contributed by atoms with Crippen LogP contribution in [-0.4, -0.2) is 16.6 Å². The average molecular weight is 338 g/mol. The summed E-state index contributed by atoms with van der Waals surface area (Å²) in [7, 11) is 0. The minimum absolute atomic E-state index is 0.0812. The third-order valence-corrected chi connectivity index (χ3v) is 6.42. The summed E-state index contributed by atoms with van der Waals surface area (Å²) in [5, 5.41) is 21.6. The number of phenolic OH excluding ortho intramolecular Hbond substituents is 1. The van der Waals surface area contributed by atoms with Gasteiger partial charge in [0.1, 0.15) is 16.9 Å². The molecule has 4 saturated carbocycles. The maximum Gasteiger partial charge on any atom is 0.257 e. The van der Waals surface area contributed by atoms with Gasteiger partial charge in [-0.3, -0.25) is 10.2 Å². The summed E-state index contributed by atoms with van der Waals surface area (Å²) in [6.45, 7) is 0. The first kappa shape index (κ1) is 15.0. The van der Waals surface area contributed by atoms with E-state index >= 15 is 0 Å². The van der Waals surface area contributed by atoms with Crippen molar-refractivity contribution in [3.63, 3.8) is 0 Å². The van der Waals surface area contributed by atoms with E-state index in [0.717, 1.165) is 37.0 Å². The molecule has 1 aromatic carbocycles. The highest BCUT2D eigenvalue weighted by atomic mass is 16.3. The SMILES string of the molecule is N=c1oc2cc(O)ccc2cc1C(=O)NC12CC3CC(CC(C3)C1)C2. The van der Waals surface area contributed by atoms with Crippen molar-refractivity contribution in [1.29, 1.82) is 5.41 Å². The summed E-state index contributed by atoms with van der Waals surface area (Å²) >= 11 is 0. The number of hydrogen-bond donors (Lipinski definition) is 3. The van der Waals surface area contributed by atoms with Gasteiger partial charge in [-0.15, -0.1) is 0 Å². The van der Waals surface area contributed by atoms with E-state index in [1.165, 1.54) is 25.3 Å². The number of fused-ring (bicyclic) bond motifs is 1. The summed E-state index contributed by atoms with van der Waals surface area (Å²) in [5.74, 6) is 2.15. The summed E-state index contributed by atoms with van der Waals surface area (Å²) in [5.41, 5.74) is 0.452. The molecule has 130 valence electrons. The van der Waals surface area contributed by atoms with Crippen molar-refractivity contribution in [3.05, 3.63) is 35.4 Å². The van der Waals surface area contributed by atoms with Crippen molar-refractivity contribution < 1.29 is 14.3 Å². The summed E-state index contributed by atoms with van der Waals surface area (Å²) in [4.78, 5) is 12.9. The molecule has 4 aliphatic rings. The summed E-state index contributed by atoms with van der Waals surface area (Å²) in [6, 6.07) is 6.42. The van der Waals surface area contributed by atoms with Gasteiger partial charge in [-0.1, -0.05) is 0 Å². The van der Waals surface area contributed by atoms with E-state index in [1.807, 2.05) is 0 Å². The molecule has 1 amide bonds. The zero-order valence-electron chi connectivity index (χ0n) is 14.0. The number of nitrogens with one attached hydrogen (secondary N) is 2. The first-order valence-electron chi connectivity index (χ1n) is 9.14. The molecule has 25 heavy (non-hydrogen) atoms. The molecule has 2 aromatic rings. The highest BCUT2D eigenvalue weighted by molar-refractivity contribution is 5.97. The molecule has 0 radical (unpaired) electrons. The minimum Gasteiger partial charge on any atom is -0.508 e. The van der Waals surface area contributed by atoms with Crippen LogP contribution in [0.3, 0.4) is 0 Å². The Morgan fingerprint density at radius 2 is 1.76 bits per heavy atom. The maximum absolute atomic E-state index is 12.9. The number of amides is 1. The summed E-state index contributed by atoms with van der Waals surface area (Å²) in [6.07, 6.45) is 7.22. The Morgan fingerprint density at radius 1 is 1.12 bits per heavy atom. The van der Waals surface area contributed by atoms with Gasteiger partial charge < -0.3 is 14.8 Å². The zero-order valence-corrected chi connectivity index (χ0v) is 14.0. The van der Waals surface area contributed by atoms with Crippen molar-refractivity contribution in [2.24, 2.45) is 17.8 Å². The Labute approximate surface area is 145 Å². The van der Waals surface area contributed by atoms with Crippen LogP contribution in [-0.2, 0) is 0 Å². The molecular formula is C20H22N2O3. The lowest BCUT2D eigenvalue weighted by atomic mass is 9.53. The third kappa shape index (κ3) is 2.44. The molecule has 6 rings (SSSR count). The van der Waals surface area contributed by atoms with Crippen LogP contribution in [0, 0.1) is 23.2 Å². The van der Waals surface area contributed by atoms with Crippen molar-refractivity contribution in [2.45, 2.75) is 44.1 Å². The van der Waals surface area contributed by atoms with Crippen LogP contribution in [0.2, 0.25) is 0 Å². The highest BCUT2D eigenvalue weighted by Crippen LogP contribution is 2.55. The number of hydrogen-bond acceptors (Lipinski definition) is 4. The molecule has 5 heteroatoms. The Bertz CT molecular complexity index is 895. The Morgan fingerprint density at radius 3 is 2.40 bits per heavy atom. The fourth-order valence-electron chi connectivity index (χ4n) is 5.86. The second-order valence-corrected chi connectivity index (χ2v) is 8.36. The molecule has 1 aromatic heterocycles. The molecule has 4 aliphatic carbocycles. The minimum atomic E-state index is -0.203. The fourth-order valence-corrected chi connectivity index (χ4v) is 5.86. The molecule has 3 N–H and O–H groups in total. The van der Waals surface area contributed by atoms with E-state index in [-0.39, 0.29) is 28.3 Å². The maximum atomic E-state index is 12.9. The van der Waals surface area contributed by atoms with Gasteiger partial charge in [-0.25, -0.2) is 0 Å². The third-order valence-electron chi connectivity index (χ3n) is 6.42. The van der Waals surface area contributed by atoms with E-state index in [4.69, 9.17) is 9.83 Å². The van der Waals surface area contributed by atoms with Gasteiger partial charge in [0, 0.05) is 17.0 Å². The van der Waals surface area contributed by atoms with Gasteiger partial charge in [0.15, 0.2) is 0 Å². The quantitative estimate of drug-likeness (QED) is 0.785. The fraction of sp³-hybridized carbons (Fsp3) is 0.500. The van der Waals surface area contributed by atoms with Crippen LogP contribution in [0.4, 0.5) is 0 Å². The normalized spacial score (nSPS) is 32.9. The van der Waals surface area contributed by atoms with Crippen LogP contribution >= 0.6 is 0 Å². The molecule has 0 unspecified atom stereocenters. The largest absolute Gasteiger partial charge is 0.508 e. The number of phenols is 1. The van der Waals surface area contributed by atoms with Crippen LogP contribution in [0.15, 0.2) is 28.7 Å². The number of carbonyl (C=O) groups is 1. The smallest absolute Gasteiger partial charge is 0.257 e. The standard InChI is InChI=1S/C20H22N2O3/c21-18-16(6-14-1-2-15(23)7-17(14)25-18)19(24)22-20-8-11-3-12(9-20)5-13(4-11)10-20/h1-2,6-7,11-13,21,23H,3-5,8-10H2,(H,22,24). The van der Waals surface area contributed by atoms with Crippen molar-refractivity contribution >= 4 is 16.9 Å². The first-order chi connectivity index (χ1) is 12.0. The summed E-state index contributed by atoms with van der Waals surface area (Å²) < 4.78 is 5.46. The number of rotatable bonds is 2. The first-order valence-corrected chi connectivity index (χ1v) is 9.14.